The number of amides is 1. The second-order valence-corrected chi connectivity index (χ2v) is 6.08. The van der Waals surface area contributed by atoms with Gasteiger partial charge in [-0.05, 0) is 44.4 Å². The van der Waals surface area contributed by atoms with E-state index < -0.39 is 0 Å². The summed E-state index contributed by atoms with van der Waals surface area (Å²) in [6.07, 6.45) is 1.52. The lowest BCUT2D eigenvalue weighted by molar-refractivity contribution is 0.102. The molecular weight excluding hydrogens is 335 g/mol. The average Bonchev–Trinajstić information content (AvgIpc) is 2.50. The molecule has 5 nitrogen and oxygen atoms in total. The van der Waals surface area contributed by atoms with Crippen molar-refractivity contribution in [3.63, 3.8) is 0 Å². The SMILES string of the molecule is CN(C)CCNc1ccc(C(=O)Nc2ccc(Cl)cc2Cl)cn1. The normalized spacial score (nSPS) is 10.7. The van der Waals surface area contributed by atoms with Crippen LogP contribution in [0.25, 0.3) is 0 Å². The molecule has 2 rings (SSSR count). The molecule has 0 unspecified atom stereocenters. The number of nitrogens with one attached hydrogen (secondary N) is 2. The lowest BCUT2D eigenvalue weighted by Gasteiger charge is -2.11. The van der Waals surface area contributed by atoms with Crippen molar-refractivity contribution in [2.75, 3.05) is 37.8 Å². The van der Waals surface area contributed by atoms with E-state index in [0.717, 1.165) is 18.9 Å². The van der Waals surface area contributed by atoms with Gasteiger partial charge in [0.25, 0.3) is 5.91 Å². The molecule has 1 heterocycles. The maximum Gasteiger partial charge on any atom is 0.257 e. The largest absolute Gasteiger partial charge is 0.369 e. The van der Waals surface area contributed by atoms with Gasteiger partial charge >= 0.3 is 0 Å². The molecular formula is C16H18Cl2N4O. The second-order valence-electron chi connectivity index (χ2n) is 5.24. The van der Waals surface area contributed by atoms with Crippen LogP contribution in [0.3, 0.4) is 0 Å². The number of benzene rings is 1. The molecule has 23 heavy (non-hydrogen) atoms. The van der Waals surface area contributed by atoms with Crippen molar-refractivity contribution >= 4 is 40.6 Å². The van der Waals surface area contributed by atoms with Gasteiger partial charge in [0, 0.05) is 24.3 Å². The van der Waals surface area contributed by atoms with Gasteiger partial charge in [-0.2, -0.15) is 0 Å². The van der Waals surface area contributed by atoms with Gasteiger partial charge in [-0.25, -0.2) is 4.98 Å². The van der Waals surface area contributed by atoms with Crippen LogP contribution < -0.4 is 10.6 Å². The third-order valence-electron chi connectivity index (χ3n) is 3.07. The summed E-state index contributed by atoms with van der Waals surface area (Å²) in [5.41, 5.74) is 0.962. The van der Waals surface area contributed by atoms with Crippen molar-refractivity contribution in [1.82, 2.24) is 9.88 Å². The Morgan fingerprint density at radius 1 is 1.22 bits per heavy atom. The Kier molecular flexibility index (Phi) is 6.21. The van der Waals surface area contributed by atoms with E-state index in [0.29, 0.717) is 21.3 Å². The average molecular weight is 353 g/mol. The molecule has 0 atom stereocenters. The van der Waals surface area contributed by atoms with Crippen LogP contribution in [0.5, 0.6) is 0 Å². The third-order valence-corrected chi connectivity index (χ3v) is 3.62. The number of rotatable bonds is 6. The van der Waals surface area contributed by atoms with Gasteiger partial charge in [-0.1, -0.05) is 23.2 Å². The summed E-state index contributed by atoms with van der Waals surface area (Å²) in [7, 11) is 4.01. The van der Waals surface area contributed by atoms with E-state index >= 15 is 0 Å². The van der Waals surface area contributed by atoms with Crippen molar-refractivity contribution in [2.24, 2.45) is 0 Å². The molecule has 7 heteroatoms. The highest BCUT2D eigenvalue weighted by Gasteiger charge is 2.09. The molecule has 0 bridgehead atoms. The number of pyridine rings is 1. The van der Waals surface area contributed by atoms with Crippen LogP contribution in [0.15, 0.2) is 36.5 Å². The molecule has 0 aliphatic rings. The molecule has 0 aliphatic heterocycles. The van der Waals surface area contributed by atoms with Crippen molar-refractivity contribution in [2.45, 2.75) is 0 Å². The molecule has 0 saturated carbocycles. The predicted octanol–water partition coefficient (Wildman–Crippen LogP) is 3.61. The number of halogens is 2. The Morgan fingerprint density at radius 3 is 2.61 bits per heavy atom. The highest BCUT2D eigenvalue weighted by molar-refractivity contribution is 6.36. The van der Waals surface area contributed by atoms with Crippen LogP contribution in [0.1, 0.15) is 10.4 Å². The summed E-state index contributed by atoms with van der Waals surface area (Å²) in [5, 5.41) is 6.83. The van der Waals surface area contributed by atoms with Crippen LogP contribution in [-0.2, 0) is 0 Å². The molecule has 1 aromatic carbocycles. The van der Waals surface area contributed by atoms with E-state index in [1.807, 2.05) is 14.1 Å². The number of hydrogen-bond donors (Lipinski definition) is 2. The molecule has 0 aliphatic carbocycles. The molecule has 0 saturated heterocycles. The van der Waals surface area contributed by atoms with E-state index in [1.165, 1.54) is 6.20 Å². The highest BCUT2D eigenvalue weighted by Crippen LogP contribution is 2.25. The Bertz CT molecular complexity index is 674. The summed E-state index contributed by atoms with van der Waals surface area (Å²) in [5.74, 6) is 0.453. The van der Waals surface area contributed by atoms with Crippen molar-refractivity contribution in [3.8, 4) is 0 Å². The standard InChI is InChI=1S/C16H18Cl2N4O/c1-22(2)8-7-19-15-6-3-11(10-20-15)16(23)21-14-5-4-12(17)9-13(14)18/h3-6,9-10H,7-8H2,1-2H3,(H,19,20)(H,21,23). The second kappa shape index (κ2) is 8.15. The first-order chi connectivity index (χ1) is 11.0. The van der Waals surface area contributed by atoms with Crippen LogP contribution >= 0.6 is 23.2 Å². The molecule has 0 radical (unpaired) electrons. The summed E-state index contributed by atoms with van der Waals surface area (Å²) < 4.78 is 0. The van der Waals surface area contributed by atoms with Gasteiger partial charge in [0.1, 0.15) is 5.82 Å². The first kappa shape index (κ1) is 17.5. The molecule has 0 spiro atoms. The lowest BCUT2D eigenvalue weighted by atomic mass is 10.2. The molecule has 0 fully saturated rings. The predicted molar refractivity (Wildman–Crippen MR) is 95.7 cm³/mol. The van der Waals surface area contributed by atoms with E-state index in [9.17, 15) is 4.79 Å². The molecule has 1 aromatic heterocycles. The maximum absolute atomic E-state index is 12.2. The van der Waals surface area contributed by atoms with Gasteiger partial charge in [0.15, 0.2) is 0 Å². The van der Waals surface area contributed by atoms with E-state index in [4.69, 9.17) is 23.2 Å². The quantitative estimate of drug-likeness (QED) is 0.833. The number of carbonyl (C=O) groups excluding carboxylic acids is 1. The summed E-state index contributed by atoms with van der Waals surface area (Å²) in [4.78, 5) is 18.5. The zero-order valence-electron chi connectivity index (χ0n) is 12.9. The first-order valence-electron chi connectivity index (χ1n) is 7.07. The van der Waals surface area contributed by atoms with E-state index in [2.05, 4.69) is 20.5 Å². The topological polar surface area (TPSA) is 57.3 Å². The summed E-state index contributed by atoms with van der Waals surface area (Å²) >= 11 is 11.9. The summed E-state index contributed by atoms with van der Waals surface area (Å²) in [6.45, 7) is 1.69. The van der Waals surface area contributed by atoms with Crippen LogP contribution in [0, 0.1) is 0 Å². The van der Waals surface area contributed by atoms with Gasteiger partial charge < -0.3 is 15.5 Å². The van der Waals surface area contributed by atoms with Gasteiger partial charge in [-0.3, -0.25) is 4.79 Å². The number of carbonyl (C=O) groups is 1. The smallest absolute Gasteiger partial charge is 0.257 e. The Balaban J connectivity index is 1.97. The molecule has 2 aromatic rings. The van der Waals surface area contributed by atoms with Crippen LogP contribution in [0.2, 0.25) is 10.0 Å². The first-order valence-corrected chi connectivity index (χ1v) is 7.82. The number of anilines is 2. The number of nitrogens with zero attached hydrogens (tertiary/aromatic N) is 2. The zero-order chi connectivity index (χ0) is 16.8. The van der Waals surface area contributed by atoms with Crippen molar-refractivity contribution in [1.29, 1.82) is 0 Å². The minimum absolute atomic E-state index is 0.276. The monoisotopic (exact) mass is 352 g/mol. The zero-order valence-corrected chi connectivity index (χ0v) is 14.4. The number of aromatic nitrogens is 1. The number of likely N-dealkylation sites (N-methyl/N-ethyl adjacent to an activating group) is 1. The fourth-order valence-electron chi connectivity index (χ4n) is 1.83. The van der Waals surface area contributed by atoms with E-state index in [1.54, 1.807) is 30.3 Å². The van der Waals surface area contributed by atoms with Gasteiger partial charge in [0.05, 0.1) is 16.3 Å². The van der Waals surface area contributed by atoms with Crippen LogP contribution in [0.4, 0.5) is 11.5 Å². The summed E-state index contributed by atoms with van der Waals surface area (Å²) in [6, 6.07) is 8.39. The minimum atomic E-state index is -0.276. The Hall–Kier alpha value is -1.82. The molecule has 122 valence electrons. The lowest BCUT2D eigenvalue weighted by Crippen LogP contribution is -2.21. The van der Waals surface area contributed by atoms with E-state index in [-0.39, 0.29) is 5.91 Å². The number of hydrogen-bond acceptors (Lipinski definition) is 4. The van der Waals surface area contributed by atoms with Crippen LogP contribution in [-0.4, -0.2) is 43.0 Å². The van der Waals surface area contributed by atoms with Gasteiger partial charge in [0.2, 0.25) is 0 Å². The Morgan fingerprint density at radius 2 is 2.00 bits per heavy atom. The fraction of sp³-hybridized carbons (Fsp3) is 0.250. The Labute approximate surface area is 145 Å². The van der Waals surface area contributed by atoms with Gasteiger partial charge in [-0.15, -0.1) is 0 Å². The van der Waals surface area contributed by atoms with Crippen molar-refractivity contribution in [3.05, 3.63) is 52.1 Å². The maximum atomic E-state index is 12.2. The van der Waals surface area contributed by atoms with Crippen molar-refractivity contribution < 1.29 is 4.79 Å². The third kappa shape index (κ3) is 5.39. The minimum Gasteiger partial charge on any atom is -0.369 e. The highest BCUT2D eigenvalue weighted by atomic mass is 35.5. The molecule has 2 N–H and O–H groups in total. The molecule has 1 amide bonds. The fourth-order valence-corrected chi connectivity index (χ4v) is 2.28.